The van der Waals surface area contributed by atoms with Crippen LogP contribution in [0.25, 0.3) is 22.5 Å². The SMILES string of the molecule is COc1ccc(-c2nccn2CCN(C)C)cc1-c1ccc2c(c1)CN(C)C2=O. The number of hydrogen-bond donors (Lipinski definition) is 0. The number of likely N-dealkylation sites (N-methyl/N-ethyl adjacent to an activating group) is 1. The average Bonchev–Trinajstić information content (AvgIpc) is 3.30. The van der Waals surface area contributed by atoms with Crippen LogP contribution >= 0.6 is 0 Å². The number of hydrogen-bond acceptors (Lipinski definition) is 4. The topological polar surface area (TPSA) is 50.6 Å². The highest BCUT2D eigenvalue weighted by molar-refractivity contribution is 5.99. The fraction of sp³-hybridized carbons (Fsp3) is 0.304. The molecule has 0 N–H and O–H groups in total. The third kappa shape index (κ3) is 3.63. The van der Waals surface area contributed by atoms with Gasteiger partial charge in [0.05, 0.1) is 7.11 Å². The molecule has 0 aliphatic carbocycles. The molecule has 0 radical (unpaired) electrons. The predicted molar refractivity (Wildman–Crippen MR) is 114 cm³/mol. The average molecular weight is 390 g/mol. The highest BCUT2D eigenvalue weighted by atomic mass is 16.5. The number of fused-ring (bicyclic) bond motifs is 1. The van der Waals surface area contributed by atoms with E-state index >= 15 is 0 Å². The minimum Gasteiger partial charge on any atom is -0.496 e. The summed E-state index contributed by atoms with van der Waals surface area (Å²) in [5.74, 6) is 1.82. The normalized spacial score (nSPS) is 13.3. The van der Waals surface area contributed by atoms with E-state index in [4.69, 9.17) is 4.74 Å². The van der Waals surface area contributed by atoms with Gasteiger partial charge in [-0.15, -0.1) is 0 Å². The molecule has 0 spiro atoms. The van der Waals surface area contributed by atoms with Gasteiger partial charge in [0.1, 0.15) is 11.6 Å². The lowest BCUT2D eigenvalue weighted by Crippen LogP contribution is -2.18. The molecule has 2 aromatic carbocycles. The van der Waals surface area contributed by atoms with E-state index in [0.29, 0.717) is 6.54 Å². The molecule has 1 amide bonds. The summed E-state index contributed by atoms with van der Waals surface area (Å²) < 4.78 is 7.80. The Kier molecular flexibility index (Phi) is 5.11. The second kappa shape index (κ2) is 7.72. The van der Waals surface area contributed by atoms with Crippen molar-refractivity contribution in [2.24, 2.45) is 0 Å². The van der Waals surface area contributed by atoms with Gasteiger partial charge in [-0.2, -0.15) is 0 Å². The summed E-state index contributed by atoms with van der Waals surface area (Å²) in [5, 5.41) is 0. The van der Waals surface area contributed by atoms with Gasteiger partial charge < -0.3 is 19.1 Å². The van der Waals surface area contributed by atoms with Crippen LogP contribution in [0.4, 0.5) is 0 Å². The lowest BCUT2D eigenvalue weighted by atomic mass is 9.98. The zero-order valence-electron chi connectivity index (χ0n) is 17.3. The number of nitrogens with zero attached hydrogens (tertiary/aromatic N) is 4. The van der Waals surface area contributed by atoms with Gasteiger partial charge in [0.15, 0.2) is 0 Å². The molecule has 0 atom stereocenters. The maximum Gasteiger partial charge on any atom is 0.254 e. The maximum atomic E-state index is 12.2. The van der Waals surface area contributed by atoms with Crippen LogP contribution in [-0.2, 0) is 13.1 Å². The smallest absolute Gasteiger partial charge is 0.254 e. The maximum absolute atomic E-state index is 12.2. The predicted octanol–water partition coefficient (Wildman–Crippen LogP) is 3.37. The number of carbonyl (C=O) groups is 1. The largest absolute Gasteiger partial charge is 0.496 e. The third-order valence-corrected chi connectivity index (χ3v) is 5.36. The number of carbonyl (C=O) groups excluding carboxylic acids is 1. The summed E-state index contributed by atoms with van der Waals surface area (Å²) in [6, 6.07) is 12.2. The van der Waals surface area contributed by atoms with E-state index in [-0.39, 0.29) is 5.91 Å². The van der Waals surface area contributed by atoms with E-state index in [1.54, 1.807) is 12.0 Å². The van der Waals surface area contributed by atoms with E-state index in [0.717, 1.165) is 52.5 Å². The Morgan fingerprint density at radius 3 is 2.66 bits per heavy atom. The fourth-order valence-electron chi connectivity index (χ4n) is 3.76. The highest BCUT2D eigenvalue weighted by Crippen LogP contribution is 2.36. The Morgan fingerprint density at radius 2 is 1.90 bits per heavy atom. The van der Waals surface area contributed by atoms with Gasteiger partial charge >= 0.3 is 0 Å². The lowest BCUT2D eigenvalue weighted by Gasteiger charge is -2.14. The van der Waals surface area contributed by atoms with Crippen molar-refractivity contribution < 1.29 is 9.53 Å². The summed E-state index contributed by atoms with van der Waals surface area (Å²) in [5.41, 5.74) is 4.91. The third-order valence-electron chi connectivity index (χ3n) is 5.36. The molecule has 1 aromatic heterocycles. The quantitative estimate of drug-likeness (QED) is 0.648. The van der Waals surface area contributed by atoms with Crippen molar-refractivity contribution in [1.82, 2.24) is 19.4 Å². The van der Waals surface area contributed by atoms with Crippen molar-refractivity contribution in [3.63, 3.8) is 0 Å². The van der Waals surface area contributed by atoms with Crippen LogP contribution in [0.2, 0.25) is 0 Å². The fourth-order valence-corrected chi connectivity index (χ4v) is 3.76. The number of ether oxygens (including phenoxy) is 1. The minimum absolute atomic E-state index is 0.0789. The summed E-state index contributed by atoms with van der Waals surface area (Å²) in [6.07, 6.45) is 3.85. The van der Waals surface area contributed by atoms with Gasteiger partial charge in [-0.25, -0.2) is 4.98 Å². The molecule has 0 bridgehead atoms. The van der Waals surface area contributed by atoms with E-state index in [1.165, 1.54) is 0 Å². The molecule has 150 valence electrons. The van der Waals surface area contributed by atoms with Gasteiger partial charge in [0, 0.05) is 55.8 Å². The van der Waals surface area contributed by atoms with Crippen molar-refractivity contribution in [2.45, 2.75) is 13.1 Å². The van der Waals surface area contributed by atoms with Crippen molar-refractivity contribution in [3.8, 4) is 28.3 Å². The molecule has 1 aliphatic heterocycles. The second-order valence-electron chi connectivity index (χ2n) is 7.70. The Bertz CT molecular complexity index is 1050. The minimum atomic E-state index is 0.0789. The van der Waals surface area contributed by atoms with Crippen LogP contribution in [-0.4, -0.2) is 60.1 Å². The molecule has 1 aliphatic rings. The molecule has 0 fully saturated rings. The van der Waals surface area contributed by atoms with Gasteiger partial charge in [0.2, 0.25) is 0 Å². The summed E-state index contributed by atoms with van der Waals surface area (Å²) in [6.45, 7) is 2.45. The first kappa shape index (κ1) is 19.2. The van der Waals surface area contributed by atoms with Crippen molar-refractivity contribution >= 4 is 5.91 Å². The molecule has 4 rings (SSSR count). The number of methoxy groups -OCH3 is 1. The van der Waals surface area contributed by atoms with Crippen molar-refractivity contribution in [3.05, 3.63) is 59.9 Å². The first-order chi connectivity index (χ1) is 14.0. The number of aromatic nitrogens is 2. The molecule has 0 saturated heterocycles. The summed E-state index contributed by atoms with van der Waals surface area (Å²) in [4.78, 5) is 20.7. The zero-order chi connectivity index (χ0) is 20.5. The standard InChI is InChI=1S/C23H26N4O2/c1-25(2)11-12-27-10-9-24-22(27)17-6-8-21(29-4)20(14-17)16-5-7-19-18(13-16)15-26(3)23(19)28/h5-10,13-14H,11-12,15H2,1-4H3. The van der Waals surface area contributed by atoms with Crippen LogP contribution in [0, 0.1) is 0 Å². The summed E-state index contributed by atoms with van der Waals surface area (Å²) in [7, 11) is 7.65. The van der Waals surface area contributed by atoms with Crippen LogP contribution in [0.1, 0.15) is 15.9 Å². The Morgan fingerprint density at radius 1 is 1.10 bits per heavy atom. The van der Waals surface area contributed by atoms with Crippen molar-refractivity contribution in [2.75, 3.05) is 34.8 Å². The first-order valence-corrected chi connectivity index (χ1v) is 9.71. The zero-order valence-corrected chi connectivity index (χ0v) is 17.3. The van der Waals surface area contributed by atoms with Crippen LogP contribution in [0.3, 0.4) is 0 Å². The molecule has 3 aromatic rings. The molecular formula is C23H26N4O2. The first-order valence-electron chi connectivity index (χ1n) is 9.71. The van der Waals surface area contributed by atoms with Gasteiger partial charge in [-0.1, -0.05) is 6.07 Å². The highest BCUT2D eigenvalue weighted by Gasteiger charge is 2.25. The van der Waals surface area contributed by atoms with E-state index in [2.05, 4.69) is 40.7 Å². The molecule has 6 nitrogen and oxygen atoms in total. The molecule has 0 unspecified atom stereocenters. The van der Waals surface area contributed by atoms with Crippen LogP contribution in [0.5, 0.6) is 5.75 Å². The number of imidazole rings is 1. The van der Waals surface area contributed by atoms with Crippen LogP contribution in [0.15, 0.2) is 48.8 Å². The molecule has 29 heavy (non-hydrogen) atoms. The van der Waals surface area contributed by atoms with Gasteiger partial charge in [-0.3, -0.25) is 4.79 Å². The number of amides is 1. The van der Waals surface area contributed by atoms with E-state index in [9.17, 15) is 4.79 Å². The Balaban J connectivity index is 1.74. The monoisotopic (exact) mass is 390 g/mol. The Hall–Kier alpha value is -3.12. The molecule has 6 heteroatoms. The second-order valence-corrected chi connectivity index (χ2v) is 7.70. The van der Waals surface area contributed by atoms with Crippen LogP contribution < -0.4 is 4.74 Å². The molecule has 2 heterocycles. The van der Waals surface area contributed by atoms with E-state index < -0.39 is 0 Å². The molecular weight excluding hydrogens is 364 g/mol. The number of benzene rings is 2. The van der Waals surface area contributed by atoms with Gasteiger partial charge in [-0.05, 0) is 55.6 Å². The lowest BCUT2D eigenvalue weighted by molar-refractivity contribution is 0.0816. The van der Waals surface area contributed by atoms with E-state index in [1.807, 2.05) is 43.7 Å². The number of rotatable bonds is 6. The Labute approximate surface area is 171 Å². The molecule has 0 saturated carbocycles. The van der Waals surface area contributed by atoms with Gasteiger partial charge in [0.25, 0.3) is 5.91 Å². The summed E-state index contributed by atoms with van der Waals surface area (Å²) >= 11 is 0. The van der Waals surface area contributed by atoms with Crippen molar-refractivity contribution in [1.29, 1.82) is 0 Å².